The van der Waals surface area contributed by atoms with Crippen LogP contribution in [0, 0.1) is 39.9 Å². The second kappa shape index (κ2) is 8.98. The molecule has 6 heteroatoms. The summed E-state index contributed by atoms with van der Waals surface area (Å²) >= 11 is 0. The van der Waals surface area contributed by atoms with Gasteiger partial charge >= 0.3 is 5.97 Å². The highest BCUT2D eigenvalue weighted by Crippen LogP contribution is 2.66. The van der Waals surface area contributed by atoms with Crippen LogP contribution in [0.2, 0.25) is 0 Å². The topological polar surface area (TPSA) is 82.4 Å². The Morgan fingerprint density at radius 3 is 2.64 bits per heavy atom. The molecule has 0 amide bonds. The SMILES string of the molecule is CC(C)OC(=O)C1CCC2C3C=C(F)C4=CC(Nc5ccccc5)=C(C=N)CC4(C)C3C(O)CC12C. The molecule has 5 nitrogen and oxygen atoms in total. The van der Waals surface area contributed by atoms with Crippen molar-refractivity contribution in [3.05, 3.63) is 65.2 Å². The predicted octanol–water partition coefficient (Wildman–Crippen LogP) is 6.19. The second-order valence-electron chi connectivity index (χ2n) is 11.8. The maximum absolute atomic E-state index is 15.9. The van der Waals surface area contributed by atoms with E-state index in [-0.39, 0.29) is 41.6 Å². The third-order valence-electron chi connectivity index (χ3n) is 9.36. The number of aliphatic hydroxyl groups is 1. The molecule has 0 heterocycles. The summed E-state index contributed by atoms with van der Waals surface area (Å²) in [5.41, 5.74) is 1.90. The fraction of sp³-hybridized carbons (Fsp3) is 0.533. The summed E-state index contributed by atoms with van der Waals surface area (Å²) in [4.78, 5) is 13.0. The number of nitrogens with one attached hydrogen (secondary N) is 2. The average molecular weight is 493 g/mol. The number of carbonyl (C=O) groups is 1. The van der Waals surface area contributed by atoms with Gasteiger partial charge in [0.1, 0.15) is 5.83 Å². The Labute approximate surface area is 213 Å². The van der Waals surface area contributed by atoms with Crippen LogP contribution in [0.3, 0.4) is 0 Å². The van der Waals surface area contributed by atoms with Crippen LogP contribution in [-0.2, 0) is 9.53 Å². The molecule has 7 unspecified atom stereocenters. The first-order valence-electron chi connectivity index (χ1n) is 13.1. The normalized spacial score (nSPS) is 37.4. The van der Waals surface area contributed by atoms with Gasteiger partial charge in [0.25, 0.3) is 0 Å². The van der Waals surface area contributed by atoms with Crippen LogP contribution in [0.4, 0.5) is 10.1 Å². The number of carbonyl (C=O) groups excluding carboxylic acids is 1. The zero-order valence-electron chi connectivity index (χ0n) is 21.6. The molecule has 0 aromatic heterocycles. The van der Waals surface area contributed by atoms with Gasteiger partial charge in [0.05, 0.1) is 18.1 Å². The molecule has 7 atom stereocenters. The van der Waals surface area contributed by atoms with E-state index in [1.165, 1.54) is 6.21 Å². The number of halogens is 1. The third-order valence-corrected chi connectivity index (χ3v) is 9.36. The van der Waals surface area contributed by atoms with E-state index in [1.807, 2.05) is 57.2 Å². The number of hydrogen-bond donors (Lipinski definition) is 3. The number of allylic oxidation sites excluding steroid dienone is 5. The first-order valence-corrected chi connectivity index (χ1v) is 13.1. The Kier molecular flexibility index (Phi) is 6.22. The summed E-state index contributed by atoms with van der Waals surface area (Å²) in [7, 11) is 0. The Balaban J connectivity index is 1.51. The lowest BCUT2D eigenvalue weighted by Crippen LogP contribution is -2.56. The Bertz CT molecular complexity index is 1160. The van der Waals surface area contributed by atoms with Crippen molar-refractivity contribution < 1.29 is 19.0 Å². The quantitative estimate of drug-likeness (QED) is 0.338. The van der Waals surface area contributed by atoms with Gasteiger partial charge in [0.2, 0.25) is 0 Å². The summed E-state index contributed by atoms with van der Waals surface area (Å²) in [6, 6.07) is 9.68. The largest absolute Gasteiger partial charge is 0.463 e. The van der Waals surface area contributed by atoms with E-state index in [2.05, 4.69) is 12.2 Å². The number of aliphatic hydroxyl groups excluding tert-OH is 1. The highest BCUT2D eigenvalue weighted by Gasteiger charge is 2.63. The smallest absolute Gasteiger partial charge is 0.309 e. The van der Waals surface area contributed by atoms with Crippen molar-refractivity contribution in [1.29, 1.82) is 5.41 Å². The van der Waals surface area contributed by atoms with Crippen LogP contribution in [0.25, 0.3) is 0 Å². The second-order valence-corrected chi connectivity index (χ2v) is 11.8. The van der Waals surface area contributed by atoms with Gasteiger partial charge in [-0.05, 0) is 92.2 Å². The third kappa shape index (κ3) is 3.85. The molecule has 0 saturated heterocycles. The van der Waals surface area contributed by atoms with Gasteiger partial charge in [-0.1, -0.05) is 32.0 Å². The van der Waals surface area contributed by atoms with Gasteiger partial charge in [-0.15, -0.1) is 0 Å². The van der Waals surface area contributed by atoms with Crippen LogP contribution in [-0.4, -0.2) is 29.5 Å². The van der Waals surface area contributed by atoms with Crippen molar-refractivity contribution in [2.75, 3.05) is 5.32 Å². The van der Waals surface area contributed by atoms with E-state index in [4.69, 9.17) is 10.1 Å². The molecule has 1 aromatic rings. The molecule has 0 aliphatic heterocycles. The summed E-state index contributed by atoms with van der Waals surface area (Å²) in [6.45, 7) is 7.83. The zero-order chi connectivity index (χ0) is 25.8. The zero-order valence-corrected chi connectivity index (χ0v) is 21.6. The highest BCUT2D eigenvalue weighted by molar-refractivity contribution is 5.81. The number of para-hydroxylation sites is 1. The monoisotopic (exact) mass is 492 g/mol. The molecule has 2 fully saturated rings. The Hall–Kier alpha value is -2.73. The molecule has 0 spiro atoms. The van der Waals surface area contributed by atoms with Crippen LogP contribution >= 0.6 is 0 Å². The summed E-state index contributed by atoms with van der Waals surface area (Å²) in [6.07, 6.45) is 6.51. The number of benzene rings is 1. The summed E-state index contributed by atoms with van der Waals surface area (Å²) in [5, 5.41) is 23.1. The number of fused-ring (bicyclic) bond motifs is 5. The highest BCUT2D eigenvalue weighted by atomic mass is 19.1. The predicted molar refractivity (Wildman–Crippen MR) is 139 cm³/mol. The molecule has 0 bridgehead atoms. The summed E-state index contributed by atoms with van der Waals surface area (Å²) in [5.74, 6) is -0.999. The van der Waals surface area contributed by atoms with Crippen molar-refractivity contribution in [3.63, 3.8) is 0 Å². The lowest BCUT2D eigenvalue weighted by atomic mass is 9.47. The fourth-order valence-electron chi connectivity index (χ4n) is 7.85. The summed E-state index contributed by atoms with van der Waals surface area (Å²) < 4.78 is 21.5. The number of ether oxygens (including phenoxy) is 1. The van der Waals surface area contributed by atoms with E-state index < -0.39 is 16.9 Å². The molecular formula is C30H37FN2O3. The standard InChI is InChI=1S/C30H37FN2O3/c1-17(2)36-28(35)22-11-10-21-20-12-24(31)23-13-25(33-19-8-6-5-7-9-19)18(16-32)14-30(23,4)27(20)26(34)15-29(21,22)3/h5-9,12-13,16-17,20-22,26-27,32-34H,10-11,14-15H2,1-4H3. The maximum Gasteiger partial charge on any atom is 0.309 e. The number of hydrogen-bond acceptors (Lipinski definition) is 5. The maximum atomic E-state index is 15.9. The molecule has 2 saturated carbocycles. The van der Waals surface area contributed by atoms with Gasteiger partial charge in [-0.3, -0.25) is 4.79 Å². The molecule has 0 radical (unpaired) electrons. The molecule has 4 aliphatic rings. The van der Waals surface area contributed by atoms with Gasteiger partial charge in [0, 0.05) is 28.9 Å². The molecule has 36 heavy (non-hydrogen) atoms. The van der Waals surface area contributed by atoms with Crippen molar-refractivity contribution in [3.8, 4) is 0 Å². The van der Waals surface area contributed by atoms with Gasteiger partial charge in [-0.2, -0.15) is 0 Å². The molecule has 1 aromatic carbocycles. The average Bonchev–Trinajstić information content (AvgIpc) is 3.16. The van der Waals surface area contributed by atoms with Gasteiger partial charge in [0.15, 0.2) is 0 Å². The number of esters is 1. The number of rotatable bonds is 5. The molecular weight excluding hydrogens is 455 g/mol. The lowest BCUT2D eigenvalue weighted by Gasteiger charge is -2.58. The Morgan fingerprint density at radius 2 is 1.97 bits per heavy atom. The minimum atomic E-state index is -0.683. The van der Waals surface area contributed by atoms with E-state index in [9.17, 15) is 9.90 Å². The van der Waals surface area contributed by atoms with E-state index >= 15 is 4.39 Å². The van der Waals surface area contributed by atoms with E-state index in [1.54, 1.807) is 6.08 Å². The first-order chi connectivity index (χ1) is 17.1. The van der Waals surface area contributed by atoms with E-state index in [0.29, 0.717) is 24.8 Å². The minimum Gasteiger partial charge on any atom is -0.463 e. The lowest BCUT2D eigenvalue weighted by molar-refractivity contribution is -0.162. The van der Waals surface area contributed by atoms with E-state index in [0.717, 1.165) is 23.4 Å². The molecule has 5 rings (SSSR count). The molecule has 3 N–H and O–H groups in total. The van der Waals surface area contributed by atoms with Crippen molar-refractivity contribution in [2.24, 2.45) is 34.5 Å². The van der Waals surface area contributed by atoms with Crippen LogP contribution in [0.15, 0.2) is 65.2 Å². The fourth-order valence-corrected chi connectivity index (χ4v) is 7.85. The van der Waals surface area contributed by atoms with Crippen LogP contribution in [0.1, 0.15) is 53.4 Å². The van der Waals surface area contributed by atoms with Gasteiger partial charge < -0.3 is 20.6 Å². The minimum absolute atomic E-state index is 0.0935. The van der Waals surface area contributed by atoms with Crippen LogP contribution in [0.5, 0.6) is 0 Å². The van der Waals surface area contributed by atoms with Crippen molar-refractivity contribution >= 4 is 17.9 Å². The first kappa shape index (κ1) is 24.9. The van der Waals surface area contributed by atoms with Crippen molar-refractivity contribution in [1.82, 2.24) is 0 Å². The van der Waals surface area contributed by atoms with Crippen molar-refractivity contribution in [2.45, 2.75) is 65.6 Å². The number of anilines is 1. The molecule has 192 valence electrons. The van der Waals surface area contributed by atoms with Gasteiger partial charge in [-0.25, -0.2) is 4.39 Å². The van der Waals surface area contributed by atoms with Crippen LogP contribution < -0.4 is 5.32 Å². The Morgan fingerprint density at radius 1 is 1.25 bits per heavy atom. The molecule has 4 aliphatic carbocycles.